The van der Waals surface area contributed by atoms with E-state index in [1.807, 2.05) is 20.8 Å². The van der Waals surface area contributed by atoms with Crippen LogP contribution >= 0.6 is 11.8 Å². The predicted octanol–water partition coefficient (Wildman–Crippen LogP) is 3.19. The van der Waals surface area contributed by atoms with E-state index in [0.29, 0.717) is 5.82 Å². The molecular weight excluding hydrogens is 318 g/mol. The number of hydrogen-bond acceptors (Lipinski definition) is 4. The summed E-state index contributed by atoms with van der Waals surface area (Å²) in [7, 11) is -3.61. The lowest BCUT2D eigenvalue weighted by molar-refractivity contribution is 0.359. The van der Waals surface area contributed by atoms with Gasteiger partial charge in [0, 0.05) is 17.1 Å². The van der Waals surface area contributed by atoms with Crippen LogP contribution < -0.4 is 4.72 Å². The number of benzene rings is 1. The Kier molecular flexibility index (Phi) is 3.72. The number of anilines is 1. The van der Waals surface area contributed by atoms with Gasteiger partial charge in [0.05, 0.1) is 16.1 Å². The Morgan fingerprint density at radius 2 is 1.86 bits per heavy atom. The van der Waals surface area contributed by atoms with Gasteiger partial charge in [-0.3, -0.25) is 4.72 Å². The number of rotatable bonds is 3. The maximum absolute atomic E-state index is 12.6. The SMILES string of the molecule is CC(C)(C)n1nc2c(c1NS(=O)(=O)c1ccccc1)CSC2. The molecule has 0 atom stereocenters. The van der Waals surface area contributed by atoms with Gasteiger partial charge in [-0.05, 0) is 32.9 Å². The van der Waals surface area contributed by atoms with Crippen molar-refractivity contribution >= 4 is 27.6 Å². The highest BCUT2D eigenvalue weighted by Gasteiger charge is 2.30. The Labute approximate surface area is 135 Å². The van der Waals surface area contributed by atoms with Crippen molar-refractivity contribution in [2.24, 2.45) is 0 Å². The Balaban J connectivity index is 2.06. The first kappa shape index (κ1) is 15.4. The Bertz CT molecular complexity index is 790. The number of nitrogens with zero attached hydrogens (tertiary/aromatic N) is 2. The summed E-state index contributed by atoms with van der Waals surface area (Å²) in [6.45, 7) is 6.05. The summed E-state index contributed by atoms with van der Waals surface area (Å²) >= 11 is 1.75. The first-order valence-electron chi connectivity index (χ1n) is 7.06. The average Bonchev–Trinajstić information content (AvgIpc) is 3.02. The molecule has 0 spiro atoms. The third-order valence-electron chi connectivity index (χ3n) is 3.47. The van der Waals surface area contributed by atoms with E-state index in [1.54, 1.807) is 46.8 Å². The molecule has 0 fully saturated rings. The van der Waals surface area contributed by atoms with Gasteiger partial charge in [0.1, 0.15) is 5.82 Å². The Morgan fingerprint density at radius 3 is 2.50 bits per heavy atom. The third-order valence-corrected chi connectivity index (χ3v) is 5.80. The fourth-order valence-electron chi connectivity index (χ4n) is 2.39. The zero-order valence-electron chi connectivity index (χ0n) is 12.8. The van der Waals surface area contributed by atoms with Gasteiger partial charge in [-0.1, -0.05) is 18.2 Å². The van der Waals surface area contributed by atoms with E-state index in [0.717, 1.165) is 22.8 Å². The zero-order chi connectivity index (χ0) is 16.0. The molecule has 1 aromatic heterocycles. The second-order valence-corrected chi connectivity index (χ2v) is 8.94. The van der Waals surface area contributed by atoms with Crippen molar-refractivity contribution in [3.05, 3.63) is 41.6 Å². The molecule has 1 aliphatic rings. The number of fused-ring (bicyclic) bond motifs is 1. The van der Waals surface area contributed by atoms with Gasteiger partial charge in [0.25, 0.3) is 10.0 Å². The van der Waals surface area contributed by atoms with E-state index in [9.17, 15) is 8.42 Å². The van der Waals surface area contributed by atoms with E-state index < -0.39 is 10.0 Å². The summed E-state index contributed by atoms with van der Waals surface area (Å²) in [6, 6.07) is 8.42. The molecule has 5 nitrogen and oxygen atoms in total. The van der Waals surface area contributed by atoms with E-state index in [-0.39, 0.29) is 10.4 Å². The van der Waals surface area contributed by atoms with E-state index in [4.69, 9.17) is 0 Å². The van der Waals surface area contributed by atoms with Crippen LogP contribution in [0.15, 0.2) is 35.2 Å². The number of nitrogens with one attached hydrogen (secondary N) is 1. The molecule has 0 unspecified atom stereocenters. The number of sulfonamides is 1. The maximum Gasteiger partial charge on any atom is 0.263 e. The largest absolute Gasteiger partial charge is 0.263 e. The lowest BCUT2D eigenvalue weighted by atomic mass is 10.1. The first-order valence-corrected chi connectivity index (χ1v) is 9.70. The van der Waals surface area contributed by atoms with E-state index in [2.05, 4.69) is 9.82 Å². The normalized spacial score (nSPS) is 14.9. The summed E-state index contributed by atoms with van der Waals surface area (Å²) in [5.74, 6) is 2.22. The molecular formula is C15H19N3O2S2. The average molecular weight is 337 g/mol. The minimum absolute atomic E-state index is 0.260. The summed E-state index contributed by atoms with van der Waals surface area (Å²) in [5.41, 5.74) is 1.69. The van der Waals surface area contributed by atoms with Crippen molar-refractivity contribution in [2.45, 2.75) is 42.7 Å². The monoisotopic (exact) mass is 337 g/mol. The zero-order valence-corrected chi connectivity index (χ0v) is 14.5. The van der Waals surface area contributed by atoms with Crippen molar-refractivity contribution in [1.82, 2.24) is 9.78 Å². The van der Waals surface area contributed by atoms with Crippen molar-refractivity contribution in [2.75, 3.05) is 4.72 Å². The molecule has 7 heteroatoms. The lowest BCUT2D eigenvalue weighted by Crippen LogP contribution is -2.27. The third kappa shape index (κ3) is 2.75. The van der Waals surface area contributed by atoms with Gasteiger partial charge in [0.15, 0.2) is 0 Å². The highest BCUT2D eigenvalue weighted by atomic mass is 32.2. The second kappa shape index (κ2) is 5.31. The smallest absolute Gasteiger partial charge is 0.263 e. The molecule has 0 radical (unpaired) electrons. The molecule has 2 aromatic rings. The molecule has 0 bridgehead atoms. The number of hydrogen-bond donors (Lipinski definition) is 1. The van der Waals surface area contributed by atoms with Crippen molar-refractivity contribution in [1.29, 1.82) is 0 Å². The fourth-order valence-corrected chi connectivity index (χ4v) is 4.52. The van der Waals surface area contributed by atoms with E-state index in [1.165, 1.54) is 0 Å². The molecule has 0 amide bonds. The van der Waals surface area contributed by atoms with Crippen LogP contribution in [0.2, 0.25) is 0 Å². The maximum atomic E-state index is 12.6. The van der Waals surface area contributed by atoms with Crippen molar-refractivity contribution < 1.29 is 8.42 Å². The highest BCUT2D eigenvalue weighted by molar-refractivity contribution is 7.98. The molecule has 3 rings (SSSR count). The van der Waals surface area contributed by atoms with Crippen LogP contribution in [0.5, 0.6) is 0 Å². The van der Waals surface area contributed by atoms with Crippen LogP contribution in [-0.4, -0.2) is 18.2 Å². The standard InChI is InChI=1S/C15H19N3O2S2/c1-15(2,3)18-14(12-9-21-10-13(12)16-18)17-22(19,20)11-7-5-4-6-8-11/h4-8,17H,9-10H2,1-3H3. The van der Waals surface area contributed by atoms with Crippen LogP contribution in [0.4, 0.5) is 5.82 Å². The molecule has 1 N–H and O–H groups in total. The van der Waals surface area contributed by atoms with Crippen LogP contribution in [-0.2, 0) is 27.1 Å². The summed E-state index contributed by atoms with van der Waals surface area (Å²) in [5, 5.41) is 4.61. The minimum Gasteiger partial charge on any atom is -0.263 e. The summed E-state index contributed by atoms with van der Waals surface area (Å²) < 4.78 is 29.8. The Hall–Kier alpha value is -1.47. The van der Waals surface area contributed by atoms with Gasteiger partial charge in [-0.2, -0.15) is 16.9 Å². The van der Waals surface area contributed by atoms with Crippen LogP contribution in [0.1, 0.15) is 32.0 Å². The van der Waals surface area contributed by atoms with Gasteiger partial charge in [-0.15, -0.1) is 0 Å². The van der Waals surface area contributed by atoms with Crippen LogP contribution in [0.25, 0.3) is 0 Å². The molecule has 22 heavy (non-hydrogen) atoms. The number of aromatic nitrogens is 2. The molecule has 0 saturated carbocycles. The van der Waals surface area contributed by atoms with Crippen LogP contribution in [0.3, 0.4) is 0 Å². The minimum atomic E-state index is -3.61. The summed E-state index contributed by atoms with van der Waals surface area (Å²) in [4.78, 5) is 0.260. The molecule has 0 aliphatic carbocycles. The molecule has 0 saturated heterocycles. The van der Waals surface area contributed by atoms with Gasteiger partial charge in [-0.25, -0.2) is 13.1 Å². The Morgan fingerprint density at radius 1 is 1.18 bits per heavy atom. The predicted molar refractivity (Wildman–Crippen MR) is 89.5 cm³/mol. The molecule has 2 heterocycles. The fraction of sp³-hybridized carbons (Fsp3) is 0.400. The van der Waals surface area contributed by atoms with Gasteiger partial charge < -0.3 is 0 Å². The highest BCUT2D eigenvalue weighted by Crippen LogP contribution is 2.37. The topological polar surface area (TPSA) is 64.0 Å². The summed E-state index contributed by atoms with van der Waals surface area (Å²) in [6.07, 6.45) is 0. The molecule has 1 aliphatic heterocycles. The van der Waals surface area contributed by atoms with Gasteiger partial charge in [0.2, 0.25) is 0 Å². The van der Waals surface area contributed by atoms with Crippen LogP contribution in [0, 0.1) is 0 Å². The lowest BCUT2D eigenvalue weighted by Gasteiger charge is -2.23. The molecule has 1 aromatic carbocycles. The molecule has 118 valence electrons. The number of thioether (sulfide) groups is 1. The van der Waals surface area contributed by atoms with Crippen molar-refractivity contribution in [3.8, 4) is 0 Å². The van der Waals surface area contributed by atoms with Gasteiger partial charge >= 0.3 is 0 Å². The van der Waals surface area contributed by atoms with E-state index >= 15 is 0 Å². The van der Waals surface area contributed by atoms with Crippen molar-refractivity contribution in [3.63, 3.8) is 0 Å². The second-order valence-electron chi connectivity index (χ2n) is 6.27. The first-order chi connectivity index (χ1) is 10.3. The quantitative estimate of drug-likeness (QED) is 0.934.